The first-order chi connectivity index (χ1) is 10.0. The number of hydrogen-bond donors (Lipinski definition) is 2. The number of halogens is 3. The predicted molar refractivity (Wildman–Crippen MR) is 77.6 cm³/mol. The van der Waals surface area contributed by atoms with Gasteiger partial charge in [0.1, 0.15) is 0 Å². The SMILES string of the molecule is O=C(Nc1ccc(F)c(F)c1)c1c[nH]c2ccc(Cl)cc12. The number of H-pyrrole nitrogens is 1. The molecule has 0 saturated carbocycles. The van der Waals surface area contributed by atoms with Gasteiger partial charge in [-0.3, -0.25) is 4.79 Å². The van der Waals surface area contributed by atoms with Gasteiger partial charge >= 0.3 is 0 Å². The summed E-state index contributed by atoms with van der Waals surface area (Å²) in [7, 11) is 0. The number of rotatable bonds is 2. The average Bonchev–Trinajstić information content (AvgIpc) is 2.86. The van der Waals surface area contributed by atoms with Crippen LogP contribution in [0.3, 0.4) is 0 Å². The molecule has 0 aliphatic heterocycles. The van der Waals surface area contributed by atoms with Crippen molar-refractivity contribution in [3.05, 3.63) is 64.8 Å². The molecule has 3 nitrogen and oxygen atoms in total. The average molecular weight is 307 g/mol. The Morgan fingerprint density at radius 2 is 1.90 bits per heavy atom. The van der Waals surface area contributed by atoms with Crippen molar-refractivity contribution in [1.29, 1.82) is 0 Å². The Hall–Kier alpha value is -2.40. The molecule has 0 saturated heterocycles. The quantitative estimate of drug-likeness (QED) is 0.726. The van der Waals surface area contributed by atoms with Crippen LogP contribution >= 0.6 is 11.6 Å². The molecule has 1 amide bonds. The minimum atomic E-state index is -1.02. The monoisotopic (exact) mass is 306 g/mol. The predicted octanol–water partition coefficient (Wildman–Crippen LogP) is 4.35. The van der Waals surface area contributed by atoms with E-state index in [9.17, 15) is 13.6 Å². The van der Waals surface area contributed by atoms with Gasteiger partial charge < -0.3 is 10.3 Å². The van der Waals surface area contributed by atoms with Crippen molar-refractivity contribution in [2.45, 2.75) is 0 Å². The maximum absolute atomic E-state index is 13.1. The molecule has 0 radical (unpaired) electrons. The van der Waals surface area contributed by atoms with Crippen LogP contribution in [0.1, 0.15) is 10.4 Å². The Kier molecular flexibility index (Phi) is 3.35. The lowest BCUT2D eigenvalue weighted by molar-refractivity contribution is 0.102. The van der Waals surface area contributed by atoms with Crippen molar-refractivity contribution in [2.75, 3.05) is 5.32 Å². The number of aromatic amines is 1. The van der Waals surface area contributed by atoms with E-state index < -0.39 is 17.5 Å². The number of fused-ring (bicyclic) bond motifs is 1. The molecule has 2 aromatic carbocycles. The molecule has 2 N–H and O–H groups in total. The van der Waals surface area contributed by atoms with Crippen molar-refractivity contribution in [2.24, 2.45) is 0 Å². The van der Waals surface area contributed by atoms with E-state index in [1.54, 1.807) is 18.2 Å². The summed E-state index contributed by atoms with van der Waals surface area (Å²) < 4.78 is 26.0. The minimum Gasteiger partial charge on any atom is -0.360 e. The first-order valence-corrected chi connectivity index (χ1v) is 6.45. The summed E-state index contributed by atoms with van der Waals surface area (Å²) in [6.45, 7) is 0. The fourth-order valence-electron chi connectivity index (χ4n) is 2.05. The smallest absolute Gasteiger partial charge is 0.257 e. The standard InChI is InChI=1S/C15H9ClF2N2O/c16-8-1-4-14-10(5-8)11(7-19-14)15(21)20-9-2-3-12(17)13(18)6-9/h1-7,19H,(H,20,21). The molecule has 0 aliphatic rings. The van der Waals surface area contributed by atoms with Crippen molar-refractivity contribution < 1.29 is 13.6 Å². The highest BCUT2D eigenvalue weighted by atomic mass is 35.5. The van der Waals surface area contributed by atoms with Crippen LogP contribution in [0.5, 0.6) is 0 Å². The Morgan fingerprint density at radius 1 is 1.10 bits per heavy atom. The van der Waals surface area contributed by atoms with E-state index in [-0.39, 0.29) is 5.69 Å². The van der Waals surface area contributed by atoms with Crippen molar-refractivity contribution in [3.8, 4) is 0 Å². The number of carbonyl (C=O) groups is 1. The molecule has 0 atom stereocenters. The van der Waals surface area contributed by atoms with Crippen molar-refractivity contribution in [1.82, 2.24) is 4.98 Å². The topological polar surface area (TPSA) is 44.9 Å². The van der Waals surface area contributed by atoms with Gasteiger partial charge in [0, 0.05) is 33.9 Å². The molecule has 0 bridgehead atoms. The second-order valence-electron chi connectivity index (χ2n) is 4.48. The number of benzene rings is 2. The second kappa shape index (κ2) is 5.18. The van der Waals surface area contributed by atoms with E-state index in [1.165, 1.54) is 12.3 Å². The third kappa shape index (κ3) is 2.60. The van der Waals surface area contributed by atoms with Gasteiger partial charge in [0.05, 0.1) is 5.56 Å². The molecule has 3 aromatic rings. The number of nitrogens with one attached hydrogen (secondary N) is 2. The van der Waals surface area contributed by atoms with Gasteiger partial charge in [-0.25, -0.2) is 8.78 Å². The van der Waals surface area contributed by atoms with Gasteiger partial charge in [-0.1, -0.05) is 11.6 Å². The zero-order chi connectivity index (χ0) is 15.0. The summed E-state index contributed by atoms with van der Waals surface area (Å²) >= 11 is 5.91. The Morgan fingerprint density at radius 3 is 2.67 bits per heavy atom. The summed E-state index contributed by atoms with van der Waals surface area (Å²) in [6, 6.07) is 8.29. The molecular formula is C15H9ClF2N2O. The highest BCUT2D eigenvalue weighted by molar-refractivity contribution is 6.31. The van der Waals surface area contributed by atoms with Crippen LogP contribution in [0, 0.1) is 11.6 Å². The molecule has 6 heteroatoms. The summed E-state index contributed by atoms with van der Waals surface area (Å²) in [5, 5.41) is 3.67. The molecule has 21 heavy (non-hydrogen) atoms. The third-order valence-electron chi connectivity index (χ3n) is 3.07. The zero-order valence-corrected chi connectivity index (χ0v) is 11.3. The first-order valence-electron chi connectivity index (χ1n) is 6.07. The molecule has 3 rings (SSSR count). The largest absolute Gasteiger partial charge is 0.360 e. The van der Waals surface area contributed by atoms with Crippen LogP contribution < -0.4 is 5.32 Å². The Bertz CT molecular complexity index is 845. The van der Waals surface area contributed by atoms with E-state index >= 15 is 0 Å². The normalized spacial score (nSPS) is 10.8. The van der Waals surface area contributed by atoms with Gasteiger partial charge in [0.2, 0.25) is 0 Å². The van der Waals surface area contributed by atoms with Crippen LogP contribution in [0.4, 0.5) is 14.5 Å². The molecule has 1 aromatic heterocycles. The lowest BCUT2D eigenvalue weighted by Gasteiger charge is -2.05. The van der Waals surface area contributed by atoms with Crippen molar-refractivity contribution in [3.63, 3.8) is 0 Å². The van der Waals surface area contributed by atoms with Crippen LogP contribution in [0.15, 0.2) is 42.6 Å². The molecule has 0 unspecified atom stereocenters. The van der Waals surface area contributed by atoms with Crippen LogP contribution in [0.25, 0.3) is 10.9 Å². The third-order valence-corrected chi connectivity index (χ3v) is 3.30. The molecule has 0 fully saturated rings. The number of carbonyl (C=O) groups excluding carboxylic acids is 1. The van der Waals surface area contributed by atoms with Gasteiger partial charge in [0.15, 0.2) is 11.6 Å². The van der Waals surface area contributed by atoms with Gasteiger partial charge in [0.25, 0.3) is 5.91 Å². The summed E-state index contributed by atoms with van der Waals surface area (Å²) in [4.78, 5) is 15.2. The fourth-order valence-corrected chi connectivity index (χ4v) is 2.23. The summed E-state index contributed by atoms with van der Waals surface area (Å²) in [5.74, 6) is -2.42. The minimum absolute atomic E-state index is 0.176. The van der Waals surface area contributed by atoms with Crippen molar-refractivity contribution >= 4 is 34.1 Å². The lowest BCUT2D eigenvalue weighted by Crippen LogP contribution is -2.11. The molecular weight excluding hydrogens is 298 g/mol. The summed E-state index contributed by atoms with van der Waals surface area (Å²) in [5.41, 5.74) is 1.31. The van der Waals surface area contributed by atoms with E-state index in [0.29, 0.717) is 16.0 Å². The van der Waals surface area contributed by atoms with Crippen LogP contribution in [0.2, 0.25) is 5.02 Å². The van der Waals surface area contributed by atoms with Gasteiger partial charge in [-0.05, 0) is 30.3 Å². The molecule has 0 aliphatic carbocycles. The lowest BCUT2D eigenvalue weighted by atomic mass is 10.1. The number of anilines is 1. The van der Waals surface area contributed by atoms with E-state index in [2.05, 4.69) is 10.3 Å². The van der Waals surface area contributed by atoms with E-state index in [1.807, 2.05) is 0 Å². The van der Waals surface area contributed by atoms with E-state index in [0.717, 1.165) is 17.6 Å². The molecule has 0 spiro atoms. The Labute approximate surface area is 123 Å². The van der Waals surface area contributed by atoms with Gasteiger partial charge in [-0.15, -0.1) is 0 Å². The highest BCUT2D eigenvalue weighted by Crippen LogP contribution is 2.23. The van der Waals surface area contributed by atoms with E-state index in [4.69, 9.17) is 11.6 Å². The fraction of sp³-hybridized carbons (Fsp3) is 0. The maximum Gasteiger partial charge on any atom is 0.257 e. The van der Waals surface area contributed by atoms with Gasteiger partial charge in [-0.2, -0.15) is 0 Å². The number of hydrogen-bond acceptors (Lipinski definition) is 1. The molecule has 106 valence electrons. The second-order valence-corrected chi connectivity index (χ2v) is 4.91. The van der Waals surface area contributed by atoms with Crippen LogP contribution in [-0.2, 0) is 0 Å². The maximum atomic E-state index is 13.1. The summed E-state index contributed by atoms with van der Waals surface area (Å²) in [6.07, 6.45) is 1.54. The molecule has 1 heterocycles. The Balaban J connectivity index is 1.93. The number of amides is 1. The highest BCUT2D eigenvalue weighted by Gasteiger charge is 2.13. The number of aromatic nitrogens is 1. The zero-order valence-electron chi connectivity index (χ0n) is 10.6. The first kappa shape index (κ1) is 13.6. The van der Waals surface area contributed by atoms with Crippen LogP contribution in [-0.4, -0.2) is 10.9 Å².